The van der Waals surface area contributed by atoms with Crippen LogP contribution in [0.3, 0.4) is 0 Å². The van der Waals surface area contributed by atoms with Crippen LogP contribution in [-0.2, 0) is 10.5 Å². The molecule has 2 rings (SSSR count). The molecule has 1 heterocycles. The van der Waals surface area contributed by atoms with E-state index in [0.29, 0.717) is 46.2 Å². The minimum Gasteiger partial charge on any atom is -0.543 e. The lowest BCUT2D eigenvalue weighted by molar-refractivity contribution is 0.0548. The number of hydrogen-bond acceptors (Lipinski definition) is 9. The van der Waals surface area contributed by atoms with Gasteiger partial charge in [0, 0.05) is 23.1 Å². The van der Waals surface area contributed by atoms with Crippen molar-refractivity contribution in [3.05, 3.63) is 46.6 Å². The van der Waals surface area contributed by atoms with E-state index in [1.165, 1.54) is 24.9 Å². The highest BCUT2D eigenvalue weighted by molar-refractivity contribution is 7.98. The van der Waals surface area contributed by atoms with Crippen molar-refractivity contribution in [3.8, 4) is 11.5 Å². The Labute approximate surface area is 224 Å². The topological polar surface area (TPSA) is 110 Å². The van der Waals surface area contributed by atoms with E-state index in [-0.39, 0.29) is 22.2 Å². The second-order valence-corrected chi connectivity index (χ2v) is 15.8. The van der Waals surface area contributed by atoms with Crippen LogP contribution in [0, 0.1) is 12.8 Å². The third kappa shape index (κ3) is 6.84. The number of carbonyl (C=O) groups is 1. The summed E-state index contributed by atoms with van der Waals surface area (Å²) >= 11 is 8.15. The molecule has 0 amide bonds. The van der Waals surface area contributed by atoms with Crippen molar-refractivity contribution in [3.63, 3.8) is 0 Å². The molecular weight excluding hydrogens is 518 g/mol. The summed E-state index contributed by atoms with van der Waals surface area (Å²) in [5.74, 6) is 2.47. The summed E-state index contributed by atoms with van der Waals surface area (Å²) in [5.41, 5.74) is 7.10. The Morgan fingerprint density at radius 2 is 2.03 bits per heavy atom. The van der Waals surface area contributed by atoms with Crippen molar-refractivity contribution in [1.29, 1.82) is 0 Å². The van der Waals surface area contributed by atoms with Crippen molar-refractivity contribution < 1.29 is 23.2 Å². The van der Waals surface area contributed by atoms with Gasteiger partial charge >= 0.3 is 5.97 Å². The van der Waals surface area contributed by atoms with Gasteiger partial charge < -0.3 is 24.2 Å². The number of hydrogen-bond donors (Lipinski definition) is 1. The highest BCUT2D eigenvalue weighted by atomic mass is 35.5. The Morgan fingerprint density at radius 1 is 1.36 bits per heavy atom. The molecule has 1 aromatic carbocycles. The summed E-state index contributed by atoms with van der Waals surface area (Å²) in [6, 6.07) is 1.30. The molecule has 36 heavy (non-hydrogen) atoms. The smallest absolute Gasteiger partial charge is 0.340 e. The average Bonchev–Trinajstić information content (AvgIpc) is 3.24. The summed E-state index contributed by atoms with van der Waals surface area (Å²) in [7, 11) is -0.843. The molecule has 0 saturated carbocycles. The second kappa shape index (κ2) is 12.5. The predicted molar refractivity (Wildman–Crippen MR) is 148 cm³/mol. The van der Waals surface area contributed by atoms with Crippen LogP contribution in [0.25, 0.3) is 0 Å². The van der Waals surface area contributed by atoms with Crippen LogP contribution in [0.5, 0.6) is 11.5 Å². The number of ether oxygens (including phenoxy) is 2. The number of rotatable bonds is 13. The molecule has 0 bridgehead atoms. The number of aromatic nitrogens is 2. The Hall–Kier alpha value is -2.01. The zero-order chi connectivity index (χ0) is 27.3. The summed E-state index contributed by atoms with van der Waals surface area (Å²) in [6.07, 6.45) is 1.50. The minimum absolute atomic E-state index is 0.0527. The van der Waals surface area contributed by atoms with Crippen molar-refractivity contribution in [2.45, 2.75) is 64.5 Å². The molecule has 0 fully saturated rings. The van der Waals surface area contributed by atoms with Crippen LogP contribution in [-0.4, -0.2) is 43.9 Å². The highest BCUT2D eigenvalue weighted by Gasteiger charge is 2.45. The zero-order valence-corrected chi connectivity index (χ0v) is 25.0. The molecule has 2 aromatic rings. The van der Waals surface area contributed by atoms with Crippen molar-refractivity contribution in [1.82, 2.24) is 10.1 Å². The number of benzene rings is 1. The van der Waals surface area contributed by atoms with Gasteiger partial charge in [-0.3, -0.25) is 0 Å². The SMILES string of the molecule is C=CCOC(=O)c1c(Cl)c(OC)cc(O[Si](C)(C)C(C)(C)C(C)C)c1CSC[C@H](N)c1nc(C)no1. The van der Waals surface area contributed by atoms with Gasteiger partial charge in [0.2, 0.25) is 5.89 Å². The maximum atomic E-state index is 13.1. The van der Waals surface area contributed by atoms with Crippen LogP contribution < -0.4 is 14.9 Å². The monoisotopic (exact) mass is 555 g/mol. The lowest BCUT2D eigenvalue weighted by Crippen LogP contribution is -2.48. The molecule has 0 aliphatic rings. The van der Waals surface area contributed by atoms with E-state index in [2.05, 4.69) is 57.5 Å². The van der Waals surface area contributed by atoms with E-state index in [0.717, 1.165) is 0 Å². The molecule has 11 heteroatoms. The molecule has 0 aliphatic carbocycles. The molecule has 200 valence electrons. The fourth-order valence-corrected chi connectivity index (χ4v) is 7.09. The predicted octanol–water partition coefficient (Wildman–Crippen LogP) is 6.34. The molecule has 0 saturated heterocycles. The molecule has 0 radical (unpaired) electrons. The molecule has 1 atom stereocenters. The largest absolute Gasteiger partial charge is 0.543 e. The zero-order valence-electron chi connectivity index (χ0n) is 22.4. The number of nitrogens with two attached hydrogens (primary N) is 1. The van der Waals surface area contributed by atoms with E-state index in [9.17, 15) is 4.79 Å². The average molecular weight is 556 g/mol. The van der Waals surface area contributed by atoms with E-state index >= 15 is 0 Å². The van der Waals surface area contributed by atoms with E-state index < -0.39 is 20.3 Å². The number of esters is 1. The van der Waals surface area contributed by atoms with Gasteiger partial charge in [0.15, 0.2) is 5.82 Å². The third-order valence-corrected chi connectivity index (χ3v) is 12.7. The number of nitrogens with zero attached hydrogens (tertiary/aromatic N) is 2. The number of methoxy groups -OCH3 is 1. The fourth-order valence-electron chi connectivity index (χ4n) is 3.38. The van der Waals surface area contributed by atoms with Gasteiger partial charge in [-0.05, 0) is 31.0 Å². The maximum absolute atomic E-state index is 13.1. The lowest BCUT2D eigenvalue weighted by atomic mass is 9.99. The van der Waals surface area contributed by atoms with Gasteiger partial charge in [-0.15, -0.1) is 0 Å². The standard InChI is InChI=1S/C25H38ClN3O5SSi/c1-10-11-32-24(30)21-17(13-35-14-18(27)23-28-16(4)29-33-23)19(12-20(31-7)22(21)26)34-36(8,9)25(5,6)15(2)3/h10,12,15,18H,1,11,13-14,27H2,2-9H3/t18-/m0/s1. The van der Waals surface area contributed by atoms with Crippen LogP contribution in [0.2, 0.25) is 23.2 Å². The maximum Gasteiger partial charge on any atom is 0.340 e. The van der Waals surface area contributed by atoms with Gasteiger partial charge in [0.25, 0.3) is 8.32 Å². The second-order valence-electron chi connectivity index (χ2n) is 9.92. The molecular formula is C25H38ClN3O5SSi. The quantitative estimate of drug-likeness (QED) is 0.172. The Bertz CT molecular complexity index is 1070. The van der Waals surface area contributed by atoms with Crippen LogP contribution in [0.4, 0.5) is 0 Å². The van der Waals surface area contributed by atoms with Crippen molar-refractivity contribution in [2.24, 2.45) is 11.7 Å². The van der Waals surface area contributed by atoms with Crippen LogP contribution >= 0.6 is 23.4 Å². The van der Waals surface area contributed by atoms with Crippen molar-refractivity contribution >= 4 is 37.6 Å². The minimum atomic E-state index is -2.35. The highest BCUT2D eigenvalue weighted by Crippen LogP contribution is 2.47. The Kier molecular flexibility index (Phi) is 10.5. The van der Waals surface area contributed by atoms with E-state index in [1.807, 2.05) is 0 Å². The molecule has 8 nitrogen and oxygen atoms in total. The first-order valence-electron chi connectivity index (χ1n) is 11.8. The van der Waals surface area contributed by atoms with Gasteiger partial charge in [0.1, 0.15) is 18.1 Å². The summed E-state index contributed by atoms with van der Waals surface area (Å²) < 4.78 is 22.9. The first kappa shape index (κ1) is 30.2. The summed E-state index contributed by atoms with van der Waals surface area (Å²) in [6.45, 7) is 18.6. The number of thioether (sulfide) groups is 1. The number of halogens is 1. The van der Waals surface area contributed by atoms with Crippen LogP contribution in [0.15, 0.2) is 23.2 Å². The number of aryl methyl sites for hydroxylation is 1. The van der Waals surface area contributed by atoms with Gasteiger partial charge in [-0.1, -0.05) is 57.1 Å². The number of carbonyl (C=O) groups excluding carboxylic acids is 1. The summed E-state index contributed by atoms with van der Waals surface area (Å²) in [4.78, 5) is 17.3. The Morgan fingerprint density at radius 3 is 2.56 bits per heavy atom. The van der Waals surface area contributed by atoms with E-state index in [1.54, 1.807) is 13.0 Å². The Balaban J connectivity index is 2.52. The summed E-state index contributed by atoms with van der Waals surface area (Å²) in [5, 5.41) is 3.91. The molecule has 0 aliphatic heterocycles. The van der Waals surface area contributed by atoms with Crippen molar-refractivity contribution in [2.75, 3.05) is 19.5 Å². The first-order valence-corrected chi connectivity index (χ1v) is 16.2. The van der Waals surface area contributed by atoms with Gasteiger partial charge in [0.05, 0.1) is 23.7 Å². The molecule has 1 aromatic heterocycles. The fraction of sp³-hybridized carbons (Fsp3) is 0.560. The van der Waals surface area contributed by atoms with Gasteiger partial charge in [-0.25, -0.2) is 4.79 Å². The normalized spacial score (nSPS) is 13.0. The third-order valence-electron chi connectivity index (χ3n) is 6.82. The van der Waals surface area contributed by atoms with Gasteiger partial charge in [-0.2, -0.15) is 16.7 Å². The van der Waals surface area contributed by atoms with E-state index in [4.69, 9.17) is 35.8 Å². The molecule has 2 N–H and O–H groups in total. The van der Waals surface area contributed by atoms with Crippen LogP contribution in [0.1, 0.15) is 61.4 Å². The molecule has 0 unspecified atom stereocenters. The lowest BCUT2D eigenvalue weighted by Gasteiger charge is -2.43. The first-order chi connectivity index (χ1) is 16.8. The molecule has 0 spiro atoms.